The van der Waals surface area contributed by atoms with Gasteiger partial charge in [0, 0.05) is 4.88 Å². The number of aryl methyl sites for hydroxylation is 1. The molecule has 0 bridgehead atoms. The first-order valence-corrected chi connectivity index (χ1v) is 5.77. The second-order valence-electron chi connectivity index (χ2n) is 3.61. The summed E-state index contributed by atoms with van der Waals surface area (Å²) in [5.41, 5.74) is 6.42. The minimum atomic E-state index is -0.422. The highest BCUT2D eigenvalue weighted by Crippen LogP contribution is 2.31. The number of primary amides is 1. The molecule has 76 valence electrons. The molecular formula is C10H14N2OS. The van der Waals surface area contributed by atoms with Crippen molar-refractivity contribution >= 4 is 17.4 Å². The Labute approximate surface area is 87.3 Å². The predicted octanol–water partition coefficient (Wildman–Crippen LogP) is 2.18. The van der Waals surface area contributed by atoms with E-state index < -0.39 is 6.03 Å². The van der Waals surface area contributed by atoms with E-state index in [0.29, 0.717) is 0 Å². The summed E-state index contributed by atoms with van der Waals surface area (Å²) >= 11 is 1.78. The molecule has 14 heavy (non-hydrogen) atoms. The molecule has 0 aliphatic heterocycles. The summed E-state index contributed by atoms with van der Waals surface area (Å²) in [6.07, 6.45) is 4.52. The Morgan fingerprint density at radius 3 is 3.21 bits per heavy atom. The zero-order chi connectivity index (χ0) is 9.97. The van der Waals surface area contributed by atoms with Crippen molar-refractivity contribution in [2.45, 2.75) is 31.7 Å². The van der Waals surface area contributed by atoms with Gasteiger partial charge in [0.15, 0.2) is 0 Å². The smallest absolute Gasteiger partial charge is 0.312 e. The van der Waals surface area contributed by atoms with Crippen molar-refractivity contribution < 1.29 is 4.79 Å². The molecule has 1 aromatic heterocycles. The Kier molecular flexibility index (Phi) is 2.72. The van der Waals surface area contributed by atoms with E-state index in [1.165, 1.54) is 16.9 Å². The highest BCUT2D eigenvalue weighted by molar-refractivity contribution is 7.10. The van der Waals surface area contributed by atoms with Crippen LogP contribution < -0.4 is 11.1 Å². The zero-order valence-corrected chi connectivity index (χ0v) is 8.77. The number of thiophene rings is 1. The predicted molar refractivity (Wildman–Crippen MR) is 57.3 cm³/mol. The number of urea groups is 1. The van der Waals surface area contributed by atoms with E-state index in [2.05, 4.69) is 16.8 Å². The molecule has 0 fully saturated rings. The van der Waals surface area contributed by atoms with Gasteiger partial charge in [0.25, 0.3) is 0 Å². The topological polar surface area (TPSA) is 55.1 Å². The number of carbonyl (C=O) groups excluding carboxylic acids is 1. The van der Waals surface area contributed by atoms with E-state index in [4.69, 9.17) is 5.73 Å². The largest absolute Gasteiger partial charge is 0.352 e. The molecule has 1 aliphatic carbocycles. The van der Waals surface area contributed by atoms with Crippen LogP contribution >= 0.6 is 11.3 Å². The first-order chi connectivity index (χ1) is 6.77. The summed E-state index contributed by atoms with van der Waals surface area (Å²) < 4.78 is 0. The van der Waals surface area contributed by atoms with Gasteiger partial charge in [0.05, 0.1) is 6.04 Å². The van der Waals surface area contributed by atoms with E-state index in [0.717, 1.165) is 19.3 Å². The molecule has 0 radical (unpaired) electrons. The maximum absolute atomic E-state index is 10.8. The Balaban J connectivity index is 2.21. The van der Waals surface area contributed by atoms with E-state index >= 15 is 0 Å². The second kappa shape index (κ2) is 4.00. The lowest BCUT2D eigenvalue weighted by molar-refractivity contribution is 0.244. The third kappa shape index (κ3) is 1.90. The fourth-order valence-corrected chi connectivity index (χ4v) is 2.96. The lowest BCUT2D eigenvalue weighted by Gasteiger charge is -2.15. The highest BCUT2D eigenvalue weighted by atomic mass is 32.1. The number of nitrogens with one attached hydrogen (secondary N) is 1. The molecule has 2 amide bonds. The molecule has 1 heterocycles. The average Bonchev–Trinajstić information content (AvgIpc) is 2.51. The third-order valence-corrected chi connectivity index (χ3v) is 3.61. The van der Waals surface area contributed by atoms with E-state index in [9.17, 15) is 4.79 Å². The van der Waals surface area contributed by atoms with Crippen molar-refractivity contribution in [1.29, 1.82) is 0 Å². The summed E-state index contributed by atoms with van der Waals surface area (Å²) in [4.78, 5) is 12.2. The molecule has 3 nitrogen and oxygen atoms in total. The quantitative estimate of drug-likeness (QED) is 0.686. The van der Waals surface area contributed by atoms with Crippen molar-refractivity contribution in [3.05, 3.63) is 21.9 Å². The van der Waals surface area contributed by atoms with Gasteiger partial charge >= 0.3 is 6.03 Å². The van der Waals surface area contributed by atoms with Gasteiger partial charge in [-0.2, -0.15) is 0 Å². The molecule has 1 atom stereocenters. The van der Waals surface area contributed by atoms with Gasteiger partial charge in [0.1, 0.15) is 0 Å². The molecule has 1 unspecified atom stereocenters. The van der Waals surface area contributed by atoms with Gasteiger partial charge in [-0.1, -0.05) is 6.42 Å². The van der Waals surface area contributed by atoms with Crippen LogP contribution in [0.25, 0.3) is 0 Å². The van der Waals surface area contributed by atoms with Crippen molar-refractivity contribution in [2.75, 3.05) is 0 Å². The fourth-order valence-electron chi connectivity index (χ4n) is 1.98. The van der Waals surface area contributed by atoms with Gasteiger partial charge in [-0.3, -0.25) is 0 Å². The Morgan fingerprint density at radius 1 is 1.57 bits per heavy atom. The van der Waals surface area contributed by atoms with Crippen LogP contribution in [0, 0.1) is 0 Å². The molecule has 0 spiro atoms. The van der Waals surface area contributed by atoms with Gasteiger partial charge in [-0.15, -0.1) is 11.3 Å². The van der Waals surface area contributed by atoms with Crippen LogP contribution in [0.4, 0.5) is 4.79 Å². The second-order valence-corrected chi connectivity index (χ2v) is 4.61. The standard InChI is InChI=1S/C10H14N2OS/c11-10(13)12-8-3-1-2-4-9-7(8)5-6-14-9/h5-6,8H,1-4H2,(H3,11,12,13). The minimum absolute atomic E-state index is 0.135. The molecule has 1 aliphatic rings. The molecule has 0 saturated heterocycles. The maximum atomic E-state index is 10.8. The summed E-state index contributed by atoms with van der Waals surface area (Å²) in [7, 11) is 0. The van der Waals surface area contributed by atoms with Gasteiger partial charge in [-0.25, -0.2) is 4.79 Å². The molecule has 0 aromatic carbocycles. The van der Waals surface area contributed by atoms with Crippen LogP contribution in [0.2, 0.25) is 0 Å². The Hall–Kier alpha value is -1.03. The van der Waals surface area contributed by atoms with Crippen molar-refractivity contribution in [2.24, 2.45) is 5.73 Å². The average molecular weight is 210 g/mol. The van der Waals surface area contributed by atoms with Crippen LogP contribution in [0.5, 0.6) is 0 Å². The number of carbonyl (C=O) groups is 1. The summed E-state index contributed by atoms with van der Waals surface area (Å²) in [6.45, 7) is 0. The SMILES string of the molecule is NC(=O)NC1CCCCc2sccc21. The Morgan fingerprint density at radius 2 is 2.43 bits per heavy atom. The highest BCUT2D eigenvalue weighted by Gasteiger charge is 2.20. The third-order valence-electron chi connectivity index (χ3n) is 2.62. The van der Waals surface area contributed by atoms with Crippen LogP contribution in [-0.4, -0.2) is 6.03 Å². The van der Waals surface area contributed by atoms with E-state index in [1.807, 2.05) is 0 Å². The monoisotopic (exact) mass is 210 g/mol. The fraction of sp³-hybridized carbons (Fsp3) is 0.500. The van der Waals surface area contributed by atoms with Crippen molar-refractivity contribution in [1.82, 2.24) is 5.32 Å². The van der Waals surface area contributed by atoms with Crippen LogP contribution in [-0.2, 0) is 6.42 Å². The first kappa shape index (κ1) is 9.52. The minimum Gasteiger partial charge on any atom is -0.352 e. The van der Waals surface area contributed by atoms with Gasteiger partial charge in [0.2, 0.25) is 0 Å². The van der Waals surface area contributed by atoms with Gasteiger partial charge in [-0.05, 0) is 36.3 Å². The van der Waals surface area contributed by atoms with E-state index in [-0.39, 0.29) is 6.04 Å². The van der Waals surface area contributed by atoms with Crippen LogP contribution in [0.3, 0.4) is 0 Å². The number of rotatable bonds is 1. The normalized spacial score (nSPS) is 21.0. The lowest BCUT2D eigenvalue weighted by Crippen LogP contribution is -2.33. The Bertz CT molecular complexity index is 335. The molecule has 1 aromatic rings. The number of hydrogen-bond donors (Lipinski definition) is 2. The number of hydrogen-bond acceptors (Lipinski definition) is 2. The summed E-state index contributed by atoms with van der Waals surface area (Å²) in [6, 6.07) is 1.82. The number of amides is 2. The maximum Gasteiger partial charge on any atom is 0.312 e. The molecular weight excluding hydrogens is 196 g/mol. The van der Waals surface area contributed by atoms with E-state index in [1.54, 1.807) is 11.3 Å². The molecule has 0 saturated carbocycles. The molecule has 4 heteroatoms. The molecule has 3 N–H and O–H groups in total. The van der Waals surface area contributed by atoms with Crippen LogP contribution in [0.1, 0.15) is 35.7 Å². The van der Waals surface area contributed by atoms with Crippen molar-refractivity contribution in [3.8, 4) is 0 Å². The lowest BCUT2D eigenvalue weighted by atomic mass is 10.1. The number of fused-ring (bicyclic) bond motifs is 1. The number of nitrogens with two attached hydrogens (primary N) is 1. The van der Waals surface area contributed by atoms with Crippen molar-refractivity contribution in [3.63, 3.8) is 0 Å². The summed E-state index contributed by atoms with van der Waals surface area (Å²) in [5.74, 6) is 0. The van der Waals surface area contributed by atoms with Crippen LogP contribution in [0.15, 0.2) is 11.4 Å². The van der Waals surface area contributed by atoms with Gasteiger partial charge < -0.3 is 11.1 Å². The first-order valence-electron chi connectivity index (χ1n) is 4.89. The summed E-state index contributed by atoms with van der Waals surface area (Å²) in [5, 5.41) is 4.90. The zero-order valence-electron chi connectivity index (χ0n) is 7.95. The molecule has 2 rings (SSSR count).